The van der Waals surface area contributed by atoms with Gasteiger partial charge in [0, 0.05) is 35.6 Å². The van der Waals surface area contributed by atoms with Gasteiger partial charge in [-0.25, -0.2) is 4.79 Å². The molecule has 1 fully saturated rings. The number of hydrogen-bond acceptors (Lipinski definition) is 5. The molecule has 1 aliphatic heterocycles. The van der Waals surface area contributed by atoms with Gasteiger partial charge >= 0.3 is 5.63 Å². The summed E-state index contributed by atoms with van der Waals surface area (Å²) in [5, 5.41) is 20.0. The summed E-state index contributed by atoms with van der Waals surface area (Å²) in [7, 11) is 0. The van der Waals surface area contributed by atoms with Crippen molar-refractivity contribution in [2.75, 3.05) is 13.1 Å². The van der Waals surface area contributed by atoms with Gasteiger partial charge in [-0.05, 0) is 23.8 Å². The Morgan fingerprint density at radius 2 is 1.95 bits per heavy atom. The lowest BCUT2D eigenvalue weighted by molar-refractivity contribution is 0.0572. The van der Waals surface area contributed by atoms with Crippen molar-refractivity contribution >= 4 is 26.9 Å². The van der Waals surface area contributed by atoms with E-state index in [9.17, 15) is 15.0 Å². The molecule has 2 aromatic rings. The molecule has 1 aromatic heterocycles. The number of benzene rings is 1. The summed E-state index contributed by atoms with van der Waals surface area (Å²) in [6.07, 6.45) is -1.45. The predicted molar refractivity (Wildman–Crippen MR) is 77.5 cm³/mol. The van der Waals surface area contributed by atoms with E-state index in [1.165, 1.54) is 6.07 Å². The number of hydrogen-bond donors (Lipinski definition) is 2. The van der Waals surface area contributed by atoms with Gasteiger partial charge in [0.1, 0.15) is 5.58 Å². The van der Waals surface area contributed by atoms with Gasteiger partial charge in [-0.2, -0.15) is 0 Å². The van der Waals surface area contributed by atoms with Crippen molar-refractivity contribution in [3.8, 4) is 0 Å². The van der Waals surface area contributed by atoms with Gasteiger partial charge in [0.25, 0.3) is 0 Å². The lowest BCUT2D eigenvalue weighted by Gasteiger charge is -2.15. The van der Waals surface area contributed by atoms with Gasteiger partial charge in [-0.15, -0.1) is 0 Å². The van der Waals surface area contributed by atoms with Crippen molar-refractivity contribution in [2.24, 2.45) is 0 Å². The van der Waals surface area contributed by atoms with E-state index in [2.05, 4.69) is 15.9 Å². The van der Waals surface area contributed by atoms with E-state index in [1.807, 2.05) is 17.0 Å². The van der Waals surface area contributed by atoms with Crippen LogP contribution in [-0.2, 0) is 6.54 Å². The largest absolute Gasteiger partial charge is 0.423 e. The summed E-state index contributed by atoms with van der Waals surface area (Å²) in [6, 6.07) is 7.00. The Kier molecular flexibility index (Phi) is 3.64. The molecule has 1 aromatic carbocycles. The minimum absolute atomic E-state index is 0.397. The zero-order valence-electron chi connectivity index (χ0n) is 10.6. The van der Waals surface area contributed by atoms with Crippen LogP contribution in [0.1, 0.15) is 5.56 Å². The third-order valence-electron chi connectivity index (χ3n) is 3.52. The Bertz CT molecular complexity index is 689. The normalized spacial score (nSPS) is 23.6. The molecule has 2 atom stereocenters. The lowest BCUT2D eigenvalue weighted by atomic mass is 10.1. The van der Waals surface area contributed by atoms with Crippen LogP contribution in [0.25, 0.3) is 11.0 Å². The predicted octanol–water partition coefficient (Wildman–Crippen LogP) is 1.09. The summed E-state index contributed by atoms with van der Waals surface area (Å²) in [5.41, 5.74) is 0.970. The average molecular weight is 340 g/mol. The first kappa shape index (κ1) is 13.8. The summed E-state index contributed by atoms with van der Waals surface area (Å²) in [4.78, 5) is 13.5. The Morgan fingerprint density at radius 3 is 2.65 bits per heavy atom. The molecule has 0 aliphatic carbocycles. The number of rotatable bonds is 2. The van der Waals surface area contributed by atoms with Crippen LogP contribution >= 0.6 is 15.9 Å². The highest BCUT2D eigenvalue weighted by molar-refractivity contribution is 9.10. The number of aliphatic hydroxyl groups is 2. The van der Waals surface area contributed by atoms with Crippen molar-refractivity contribution in [1.82, 2.24) is 4.90 Å². The molecule has 6 heteroatoms. The van der Waals surface area contributed by atoms with Crippen LogP contribution in [-0.4, -0.2) is 40.4 Å². The molecule has 0 amide bonds. The summed E-state index contributed by atoms with van der Waals surface area (Å²) in [5.74, 6) is 0. The minimum atomic E-state index is -0.726. The van der Waals surface area contributed by atoms with Crippen LogP contribution in [0.2, 0.25) is 0 Å². The summed E-state index contributed by atoms with van der Waals surface area (Å²) in [6.45, 7) is 1.30. The summed E-state index contributed by atoms with van der Waals surface area (Å²) < 4.78 is 6.03. The fourth-order valence-electron chi connectivity index (χ4n) is 2.55. The average Bonchev–Trinajstić information content (AvgIpc) is 2.67. The smallest absolute Gasteiger partial charge is 0.336 e. The van der Waals surface area contributed by atoms with Crippen molar-refractivity contribution in [1.29, 1.82) is 0 Å². The van der Waals surface area contributed by atoms with E-state index in [4.69, 9.17) is 4.42 Å². The molecule has 0 saturated carbocycles. The monoisotopic (exact) mass is 339 g/mol. The Balaban J connectivity index is 1.97. The molecule has 0 bridgehead atoms. The van der Waals surface area contributed by atoms with E-state index in [0.717, 1.165) is 15.4 Å². The van der Waals surface area contributed by atoms with Crippen LogP contribution in [0.3, 0.4) is 0 Å². The molecule has 0 unspecified atom stereocenters. The van der Waals surface area contributed by atoms with Crippen LogP contribution < -0.4 is 5.63 Å². The maximum absolute atomic E-state index is 11.6. The van der Waals surface area contributed by atoms with E-state index < -0.39 is 17.8 Å². The van der Waals surface area contributed by atoms with Crippen molar-refractivity contribution < 1.29 is 14.6 Å². The fourth-order valence-corrected chi connectivity index (χ4v) is 2.89. The highest BCUT2D eigenvalue weighted by Crippen LogP contribution is 2.23. The van der Waals surface area contributed by atoms with E-state index >= 15 is 0 Å². The Morgan fingerprint density at radius 1 is 1.25 bits per heavy atom. The van der Waals surface area contributed by atoms with E-state index in [1.54, 1.807) is 6.07 Å². The van der Waals surface area contributed by atoms with Crippen molar-refractivity contribution in [2.45, 2.75) is 18.8 Å². The standard InChI is InChI=1S/C14H14BrNO4/c15-9-1-2-10-8(3-14(19)20-13(10)4-9)5-16-6-11(17)12(18)7-16/h1-4,11-12,17-18H,5-7H2/t11-,12+. The zero-order chi connectivity index (χ0) is 14.3. The Labute approximate surface area is 123 Å². The van der Waals surface area contributed by atoms with Gasteiger partial charge < -0.3 is 14.6 Å². The molecule has 2 heterocycles. The second kappa shape index (κ2) is 5.29. The first-order valence-electron chi connectivity index (χ1n) is 6.34. The van der Waals surface area contributed by atoms with Crippen LogP contribution in [0, 0.1) is 0 Å². The maximum atomic E-state index is 11.6. The molecule has 1 saturated heterocycles. The molecule has 5 nitrogen and oxygen atoms in total. The third-order valence-corrected chi connectivity index (χ3v) is 4.01. The Hall–Kier alpha value is -1.21. The van der Waals surface area contributed by atoms with E-state index in [0.29, 0.717) is 25.2 Å². The lowest BCUT2D eigenvalue weighted by Crippen LogP contribution is -2.22. The highest BCUT2D eigenvalue weighted by Gasteiger charge is 2.29. The number of fused-ring (bicyclic) bond motifs is 1. The maximum Gasteiger partial charge on any atom is 0.336 e. The number of nitrogens with zero attached hydrogens (tertiary/aromatic N) is 1. The SMILES string of the molecule is O=c1cc(CN2C[C@@H](O)[C@@H](O)C2)c2ccc(Br)cc2o1. The zero-order valence-corrected chi connectivity index (χ0v) is 12.2. The molecule has 106 valence electrons. The second-order valence-corrected chi connectivity index (χ2v) is 5.98. The first-order chi connectivity index (χ1) is 9.52. The topological polar surface area (TPSA) is 73.9 Å². The highest BCUT2D eigenvalue weighted by atomic mass is 79.9. The molecular weight excluding hydrogens is 326 g/mol. The van der Waals surface area contributed by atoms with Gasteiger partial charge in [-0.3, -0.25) is 4.90 Å². The van der Waals surface area contributed by atoms with E-state index in [-0.39, 0.29) is 0 Å². The molecule has 0 radical (unpaired) electrons. The van der Waals surface area contributed by atoms with Crippen LogP contribution in [0.4, 0.5) is 0 Å². The second-order valence-electron chi connectivity index (χ2n) is 5.06. The number of aliphatic hydroxyl groups excluding tert-OH is 2. The summed E-state index contributed by atoms with van der Waals surface area (Å²) >= 11 is 3.35. The molecule has 3 rings (SSSR count). The van der Waals surface area contributed by atoms with Crippen LogP contribution in [0.5, 0.6) is 0 Å². The fraction of sp³-hybridized carbons (Fsp3) is 0.357. The number of likely N-dealkylation sites (tertiary alicyclic amines) is 1. The van der Waals surface area contributed by atoms with Crippen molar-refractivity contribution in [3.05, 3.63) is 44.7 Å². The van der Waals surface area contributed by atoms with Gasteiger partial charge in [-0.1, -0.05) is 15.9 Å². The number of β-amino-alcohol motifs (C(OH)–C–C–N with tert-alkyl or cyclic N) is 2. The molecule has 1 aliphatic rings. The van der Waals surface area contributed by atoms with Gasteiger partial charge in [0.15, 0.2) is 0 Å². The molecule has 20 heavy (non-hydrogen) atoms. The third kappa shape index (κ3) is 2.64. The molecule has 0 spiro atoms. The quantitative estimate of drug-likeness (QED) is 0.801. The van der Waals surface area contributed by atoms with Gasteiger partial charge in [0.05, 0.1) is 12.2 Å². The minimum Gasteiger partial charge on any atom is -0.423 e. The first-order valence-corrected chi connectivity index (χ1v) is 7.13. The van der Waals surface area contributed by atoms with Gasteiger partial charge in [0.2, 0.25) is 0 Å². The van der Waals surface area contributed by atoms with Crippen LogP contribution in [0.15, 0.2) is 37.9 Å². The number of halogens is 1. The molecule has 2 N–H and O–H groups in total. The van der Waals surface area contributed by atoms with Crippen molar-refractivity contribution in [3.63, 3.8) is 0 Å². The molecular formula is C14H14BrNO4.